The van der Waals surface area contributed by atoms with Crippen molar-refractivity contribution in [1.82, 2.24) is 15.0 Å². The fourth-order valence-corrected chi connectivity index (χ4v) is 3.61. The van der Waals surface area contributed by atoms with Gasteiger partial charge in [0, 0.05) is 31.8 Å². The molecule has 1 aromatic carbocycles. The molecule has 3 heterocycles. The number of carboxylic acids is 1. The lowest BCUT2D eigenvalue weighted by Gasteiger charge is -2.33. The highest BCUT2D eigenvalue weighted by atomic mass is 16.5. The number of rotatable bonds is 6. The van der Waals surface area contributed by atoms with Gasteiger partial charge in [-0.15, -0.1) is 0 Å². The van der Waals surface area contributed by atoms with Crippen molar-refractivity contribution in [2.75, 3.05) is 13.1 Å². The number of carbonyl (C=O) groups excluding carboxylic acids is 1. The van der Waals surface area contributed by atoms with Crippen LogP contribution in [0, 0.1) is 0 Å². The summed E-state index contributed by atoms with van der Waals surface area (Å²) in [5.74, 6) is 0.634. The number of hydrogen-bond donors (Lipinski definition) is 1. The first-order valence-electron chi connectivity index (χ1n) is 9.57. The molecule has 8 heteroatoms. The second-order valence-corrected chi connectivity index (χ2v) is 7.10. The van der Waals surface area contributed by atoms with E-state index in [-0.39, 0.29) is 17.4 Å². The number of furan rings is 1. The van der Waals surface area contributed by atoms with Gasteiger partial charge in [0.1, 0.15) is 0 Å². The molecule has 1 N–H and O–H groups in total. The summed E-state index contributed by atoms with van der Waals surface area (Å²) in [4.78, 5) is 29.8. The highest BCUT2D eigenvalue weighted by Gasteiger charge is 2.25. The van der Waals surface area contributed by atoms with E-state index < -0.39 is 5.97 Å². The highest BCUT2D eigenvalue weighted by molar-refractivity contribution is 5.87. The number of nitrogens with zero attached hydrogens (tertiary/aromatic N) is 3. The van der Waals surface area contributed by atoms with Gasteiger partial charge < -0.3 is 18.9 Å². The van der Waals surface area contributed by atoms with Crippen LogP contribution in [0.3, 0.4) is 0 Å². The fourth-order valence-electron chi connectivity index (χ4n) is 3.61. The van der Waals surface area contributed by atoms with E-state index >= 15 is 0 Å². The summed E-state index contributed by atoms with van der Waals surface area (Å²) in [5.41, 5.74) is 1.33. The molecule has 0 aliphatic carbocycles. The SMILES string of the molecule is O=C(O)c1ccc([C@@H]2CCCN(C(=O)CCc3nc(-c4ccco4)no3)C2)cc1. The quantitative estimate of drug-likeness (QED) is 0.681. The monoisotopic (exact) mass is 395 g/mol. The van der Waals surface area contributed by atoms with Crippen LogP contribution in [0.1, 0.15) is 47.0 Å². The molecule has 29 heavy (non-hydrogen) atoms. The highest BCUT2D eigenvalue weighted by Crippen LogP contribution is 2.27. The Bertz CT molecular complexity index is 978. The van der Waals surface area contributed by atoms with Crippen molar-refractivity contribution in [3.63, 3.8) is 0 Å². The molecule has 0 radical (unpaired) electrons. The van der Waals surface area contributed by atoms with E-state index in [0.29, 0.717) is 36.9 Å². The molecular weight excluding hydrogens is 374 g/mol. The minimum absolute atomic E-state index is 0.0506. The molecule has 1 saturated heterocycles. The lowest BCUT2D eigenvalue weighted by molar-refractivity contribution is -0.132. The van der Waals surface area contributed by atoms with Crippen LogP contribution in [0.2, 0.25) is 0 Å². The number of aromatic nitrogens is 2. The summed E-state index contributed by atoms with van der Waals surface area (Å²) in [5, 5.41) is 12.9. The van der Waals surface area contributed by atoms with Gasteiger partial charge in [-0.25, -0.2) is 4.79 Å². The largest absolute Gasteiger partial charge is 0.478 e. The van der Waals surface area contributed by atoms with Gasteiger partial charge >= 0.3 is 5.97 Å². The van der Waals surface area contributed by atoms with Gasteiger partial charge in [0.25, 0.3) is 0 Å². The summed E-state index contributed by atoms with van der Waals surface area (Å²) in [6, 6.07) is 10.4. The Morgan fingerprint density at radius 1 is 1.21 bits per heavy atom. The summed E-state index contributed by atoms with van der Waals surface area (Å²) >= 11 is 0. The van der Waals surface area contributed by atoms with Crippen LogP contribution in [-0.2, 0) is 11.2 Å². The molecule has 150 valence electrons. The van der Waals surface area contributed by atoms with Crippen LogP contribution in [0.15, 0.2) is 51.6 Å². The first kappa shape index (κ1) is 18.9. The average molecular weight is 395 g/mol. The maximum Gasteiger partial charge on any atom is 0.335 e. The van der Waals surface area contributed by atoms with Crippen LogP contribution >= 0.6 is 0 Å². The summed E-state index contributed by atoms with van der Waals surface area (Å²) in [6.07, 6.45) is 4.11. The zero-order valence-corrected chi connectivity index (χ0v) is 15.8. The number of aromatic carboxylic acids is 1. The second-order valence-electron chi connectivity index (χ2n) is 7.10. The van der Waals surface area contributed by atoms with E-state index in [1.807, 2.05) is 17.0 Å². The van der Waals surface area contributed by atoms with Gasteiger partial charge in [-0.1, -0.05) is 17.3 Å². The number of likely N-dealkylation sites (tertiary alicyclic amines) is 1. The third kappa shape index (κ3) is 4.37. The van der Waals surface area contributed by atoms with Gasteiger partial charge in [0.05, 0.1) is 11.8 Å². The van der Waals surface area contributed by atoms with Crippen molar-refractivity contribution in [2.24, 2.45) is 0 Å². The molecule has 1 fully saturated rings. The average Bonchev–Trinajstić information content (AvgIpc) is 3.44. The molecule has 4 rings (SSSR count). The minimum Gasteiger partial charge on any atom is -0.478 e. The Morgan fingerprint density at radius 3 is 2.76 bits per heavy atom. The lowest BCUT2D eigenvalue weighted by Crippen LogP contribution is -2.39. The normalized spacial score (nSPS) is 16.7. The van der Waals surface area contributed by atoms with E-state index in [0.717, 1.165) is 24.9 Å². The predicted octanol–water partition coefficient (Wildman–Crippen LogP) is 3.37. The topological polar surface area (TPSA) is 110 Å². The van der Waals surface area contributed by atoms with Crippen LogP contribution in [0.5, 0.6) is 0 Å². The lowest BCUT2D eigenvalue weighted by atomic mass is 9.90. The van der Waals surface area contributed by atoms with Crippen LogP contribution < -0.4 is 0 Å². The molecule has 1 atom stereocenters. The van der Waals surface area contributed by atoms with E-state index in [1.54, 1.807) is 24.3 Å². The number of amides is 1. The molecule has 0 saturated carbocycles. The third-order valence-corrected chi connectivity index (χ3v) is 5.17. The standard InChI is InChI=1S/C21H21N3O5/c25-19(10-9-18-22-20(23-29-18)17-4-2-12-28-17)24-11-1-3-16(13-24)14-5-7-15(8-6-14)21(26)27/h2,4-8,12,16H,1,3,9-11,13H2,(H,26,27)/t16-/m1/s1. The van der Waals surface area contributed by atoms with Crippen molar-refractivity contribution in [2.45, 2.75) is 31.6 Å². The van der Waals surface area contributed by atoms with Crippen molar-refractivity contribution < 1.29 is 23.6 Å². The minimum atomic E-state index is -0.937. The second kappa shape index (κ2) is 8.30. The first-order chi connectivity index (χ1) is 14.1. The predicted molar refractivity (Wildman–Crippen MR) is 102 cm³/mol. The van der Waals surface area contributed by atoms with E-state index in [4.69, 9.17) is 14.0 Å². The summed E-state index contributed by atoms with van der Waals surface area (Å²) in [7, 11) is 0. The number of aryl methyl sites for hydroxylation is 1. The van der Waals surface area contributed by atoms with Gasteiger partial charge in [-0.2, -0.15) is 4.98 Å². The van der Waals surface area contributed by atoms with E-state index in [1.165, 1.54) is 6.26 Å². The Balaban J connectivity index is 1.33. The molecule has 0 spiro atoms. The van der Waals surface area contributed by atoms with Gasteiger partial charge in [-0.05, 0) is 42.7 Å². The third-order valence-electron chi connectivity index (χ3n) is 5.17. The number of carbonyl (C=O) groups is 2. The number of piperidine rings is 1. The first-order valence-corrected chi connectivity index (χ1v) is 9.57. The maximum atomic E-state index is 12.7. The zero-order chi connectivity index (χ0) is 20.2. The molecule has 2 aromatic heterocycles. The van der Waals surface area contributed by atoms with Gasteiger partial charge in [0.15, 0.2) is 5.76 Å². The van der Waals surface area contributed by atoms with Gasteiger partial charge in [-0.3, -0.25) is 4.79 Å². The summed E-state index contributed by atoms with van der Waals surface area (Å²) < 4.78 is 10.4. The molecule has 1 aliphatic rings. The number of hydrogen-bond acceptors (Lipinski definition) is 6. The molecule has 1 amide bonds. The van der Waals surface area contributed by atoms with Crippen LogP contribution in [0.4, 0.5) is 0 Å². The van der Waals surface area contributed by atoms with Crippen molar-refractivity contribution in [3.05, 3.63) is 59.7 Å². The molecule has 3 aromatic rings. The molecule has 0 bridgehead atoms. The Kier molecular flexibility index (Phi) is 5.41. The molecular formula is C21H21N3O5. The molecule has 0 unspecified atom stereocenters. The Hall–Kier alpha value is -3.42. The number of benzene rings is 1. The molecule has 1 aliphatic heterocycles. The smallest absolute Gasteiger partial charge is 0.335 e. The Morgan fingerprint density at radius 2 is 2.03 bits per heavy atom. The zero-order valence-electron chi connectivity index (χ0n) is 15.8. The Labute approximate surface area is 167 Å². The van der Waals surface area contributed by atoms with Gasteiger partial charge in [0.2, 0.25) is 17.6 Å². The van der Waals surface area contributed by atoms with E-state index in [9.17, 15) is 9.59 Å². The number of carboxylic acid groups (broad SMARTS) is 1. The van der Waals surface area contributed by atoms with Crippen LogP contribution in [-0.4, -0.2) is 45.1 Å². The van der Waals surface area contributed by atoms with Crippen molar-refractivity contribution in [3.8, 4) is 11.6 Å². The maximum absolute atomic E-state index is 12.7. The van der Waals surface area contributed by atoms with Crippen molar-refractivity contribution in [1.29, 1.82) is 0 Å². The van der Waals surface area contributed by atoms with Crippen LogP contribution in [0.25, 0.3) is 11.6 Å². The fraction of sp³-hybridized carbons (Fsp3) is 0.333. The van der Waals surface area contributed by atoms with Crippen molar-refractivity contribution >= 4 is 11.9 Å². The molecule has 8 nitrogen and oxygen atoms in total. The summed E-state index contributed by atoms with van der Waals surface area (Å²) in [6.45, 7) is 1.36. The van der Waals surface area contributed by atoms with E-state index in [2.05, 4.69) is 10.1 Å².